The number of hydrogen-bond donors (Lipinski definition) is 2. The summed E-state index contributed by atoms with van der Waals surface area (Å²) >= 11 is 0. The number of benzene rings is 2. The minimum atomic E-state index is -1.71. The SMILES string of the molecule is OB(O)c1ccc(Oc2ccc(C3CCN=N3)cc2)c(F)c1. The summed E-state index contributed by atoms with van der Waals surface area (Å²) in [6, 6.07) is 11.2. The Bertz CT molecular complexity index is 692. The van der Waals surface area contributed by atoms with Crippen molar-refractivity contribution in [1.82, 2.24) is 0 Å². The van der Waals surface area contributed by atoms with Crippen LogP contribution in [0.2, 0.25) is 0 Å². The quantitative estimate of drug-likeness (QED) is 0.850. The van der Waals surface area contributed by atoms with Crippen molar-refractivity contribution in [1.29, 1.82) is 0 Å². The van der Waals surface area contributed by atoms with Gasteiger partial charge in [-0.15, -0.1) is 0 Å². The van der Waals surface area contributed by atoms with E-state index in [1.165, 1.54) is 12.1 Å². The van der Waals surface area contributed by atoms with E-state index in [4.69, 9.17) is 14.8 Å². The molecule has 0 fully saturated rings. The average molecular weight is 300 g/mol. The van der Waals surface area contributed by atoms with Gasteiger partial charge in [-0.05, 0) is 41.7 Å². The van der Waals surface area contributed by atoms with E-state index in [1.807, 2.05) is 12.1 Å². The molecule has 1 unspecified atom stereocenters. The van der Waals surface area contributed by atoms with Crippen LogP contribution in [0.5, 0.6) is 11.5 Å². The summed E-state index contributed by atoms with van der Waals surface area (Å²) in [5.74, 6) is -0.133. The summed E-state index contributed by atoms with van der Waals surface area (Å²) in [7, 11) is -1.71. The molecule has 1 atom stereocenters. The molecule has 1 aliphatic heterocycles. The Morgan fingerprint density at radius 2 is 1.91 bits per heavy atom. The number of halogens is 1. The lowest BCUT2D eigenvalue weighted by molar-refractivity contribution is 0.423. The summed E-state index contributed by atoms with van der Waals surface area (Å²) in [6.45, 7) is 0.747. The first-order valence-electron chi connectivity index (χ1n) is 6.93. The van der Waals surface area contributed by atoms with E-state index in [1.54, 1.807) is 12.1 Å². The molecule has 1 aliphatic rings. The summed E-state index contributed by atoms with van der Waals surface area (Å²) in [5.41, 5.74) is 1.12. The smallest absolute Gasteiger partial charge is 0.454 e. The van der Waals surface area contributed by atoms with E-state index in [9.17, 15) is 4.39 Å². The van der Waals surface area contributed by atoms with Crippen LogP contribution >= 0.6 is 0 Å². The predicted octanol–water partition coefficient (Wildman–Crippen LogP) is 2.19. The van der Waals surface area contributed by atoms with Gasteiger partial charge in [-0.25, -0.2) is 4.39 Å². The summed E-state index contributed by atoms with van der Waals surface area (Å²) in [4.78, 5) is 0. The summed E-state index contributed by atoms with van der Waals surface area (Å²) < 4.78 is 19.3. The van der Waals surface area contributed by atoms with Crippen LogP contribution in [0, 0.1) is 5.82 Å². The lowest BCUT2D eigenvalue weighted by Crippen LogP contribution is -2.29. The molecule has 0 spiro atoms. The standard InChI is InChI=1S/C15H14BFN2O3/c17-13-9-11(16(20)21)3-6-15(13)22-12-4-1-10(2-5-12)14-7-8-18-19-14/h1-6,9,14,20-21H,7-8H2. The van der Waals surface area contributed by atoms with Crippen molar-refractivity contribution in [2.75, 3.05) is 6.54 Å². The minimum Gasteiger partial charge on any atom is -0.454 e. The number of ether oxygens (including phenoxy) is 1. The molecule has 2 N–H and O–H groups in total. The highest BCUT2D eigenvalue weighted by Gasteiger charge is 2.16. The molecule has 22 heavy (non-hydrogen) atoms. The third kappa shape index (κ3) is 3.15. The maximum absolute atomic E-state index is 13.8. The second-order valence-electron chi connectivity index (χ2n) is 5.02. The first kappa shape index (κ1) is 14.7. The maximum atomic E-state index is 13.8. The van der Waals surface area contributed by atoms with Gasteiger partial charge in [-0.1, -0.05) is 18.2 Å². The van der Waals surface area contributed by atoms with Gasteiger partial charge in [0.25, 0.3) is 0 Å². The number of hydrogen-bond acceptors (Lipinski definition) is 5. The van der Waals surface area contributed by atoms with Gasteiger partial charge in [-0.3, -0.25) is 0 Å². The molecule has 2 aromatic rings. The lowest BCUT2D eigenvalue weighted by Gasteiger charge is -2.10. The Morgan fingerprint density at radius 3 is 2.50 bits per heavy atom. The fourth-order valence-electron chi connectivity index (χ4n) is 2.27. The Kier molecular flexibility index (Phi) is 4.17. The molecule has 5 nitrogen and oxygen atoms in total. The second kappa shape index (κ2) is 6.25. The van der Waals surface area contributed by atoms with Crippen molar-refractivity contribution in [2.24, 2.45) is 10.2 Å². The minimum absolute atomic E-state index is 0.0257. The molecule has 0 radical (unpaired) electrons. The van der Waals surface area contributed by atoms with Crippen LogP contribution in [-0.2, 0) is 0 Å². The van der Waals surface area contributed by atoms with Crippen molar-refractivity contribution >= 4 is 12.6 Å². The normalized spacial score (nSPS) is 16.8. The Morgan fingerprint density at radius 1 is 1.14 bits per heavy atom. The molecular formula is C15H14BFN2O3. The molecule has 7 heteroatoms. The van der Waals surface area contributed by atoms with E-state index in [2.05, 4.69) is 10.2 Å². The molecule has 0 saturated heterocycles. The highest BCUT2D eigenvalue weighted by atomic mass is 19.1. The van der Waals surface area contributed by atoms with Crippen LogP contribution in [0.1, 0.15) is 18.0 Å². The fourth-order valence-corrected chi connectivity index (χ4v) is 2.27. The van der Waals surface area contributed by atoms with Gasteiger partial charge in [-0.2, -0.15) is 10.2 Å². The van der Waals surface area contributed by atoms with Crippen LogP contribution in [0.4, 0.5) is 4.39 Å². The Hall–Kier alpha value is -2.25. The van der Waals surface area contributed by atoms with Crippen molar-refractivity contribution in [3.05, 3.63) is 53.8 Å². The van der Waals surface area contributed by atoms with E-state index < -0.39 is 12.9 Å². The highest BCUT2D eigenvalue weighted by molar-refractivity contribution is 6.58. The third-order valence-electron chi connectivity index (χ3n) is 3.47. The topological polar surface area (TPSA) is 74.4 Å². The van der Waals surface area contributed by atoms with Crippen LogP contribution in [0.15, 0.2) is 52.7 Å². The van der Waals surface area contributed by atoms with Gasteiger partial charge in [0.2, 0.25) is 0 Å². The Labute approximate surface area is 127 Å². The van der Waals surface area contributed by atoms with Crippen LogP contribution < -0.4 is 10.2 Å². The Balaban J connectivity index is 1.74. The summed E-state index contributed by atoms with van der Waals surface area (Å²) in [6.07, 6.45) is 0.903. The molecule has 0 bridgehead atoms. The van der Waals surface area contributed by atoms with Crippen LogP contribution in [0.3, 0.4) is 0 Å². The molecule has 3 rings (SSSR count). The first-order chi connectivity index (χ1) is 10.6. The van der Waals surface area contributed by atoms with E-state index in [0.29, 0.717) is 5.75 Å². The van der Waals surface area contributed by atoms with Crippen molar-refractivity contribution < 1.29 is 19.2 Å². The third-order valence-corrected chi connectivity index (χ3v) is 3.47. The van der Waals surface area contributed by atoms with Crippen molar-refractivity contribution in [2.45, 2.75) is 12.5 Å². The van der Waals surface area contributed by atoms with Gasteiger partial charge < -0.3 is 14.8 Å². The van der Waals surface area contributed by atoms with Crippen molar-refractivity contribution in [3.63, 3.8) is 0 Å². The van der Waals surface area contributed by atoms with E-state index >= 15 is 0 Å². The van der Waals surface area contributed by atoms with Crippen LogP contribution in [-0.4, -0.2) is 23.7 Å². The molecule has 0 amide bonds. The predicted molar refractivity (Wildman–Crippen MR) is 79.8 cm³/mol. The van der Waals surface area contributed by atoms with E-state index in [-0.39, 0.29) is 17.3 Å². The van der Waals surface area contributed by atoms with Gasteiger partial charge in [0.15, 0.2) is 11.6 Å². The van der Waals surface area contributed by atoms with Gasteiger partial charge in [0.1, 0.15) is 5.75 Å². The van der Waals surface area contributed by atoms with Gasteiger partial charge in [0, 0.05) is 0 Å². The zero-order valence-corrected chi connectivity index (χ0v) is 11.7. The van der Waals surface area contributed by atoms with E-state index in [0.717, 1.165) is 24.6 Å². The number of azo groups is 1. The maximum Gasteiger partial charge on any atom is 0.488 e. The molecular weight excluding hydrogens is 286 g/mol. The number of nitrogens with zero attached hydrogens (tertiary/aromatic N) is 2. The zero-order chi connectivity index (χ0) is 15.5. The van der Waals surface area contributed by atoms with Crippen molar-refractivity contribution in [3.8, 4) is 11.5 Å². The molecule has 0 saturated carbocycles. The molecule has 0 aromatic heterocycles. The van der Waals surface area contributed by atoms with Gasteiger partial charge >= 0.3 is 7.12 Å². The largest absolute Gasteiger partial charge is 0.488 e. The number of rotatable bonds is 4. The molecule has 0 aliphatic carbocycles. The monoisotopic (exact) mass is 300 g/mol. The molecule has 2 aromatic carbocycles. The molecule has 1 heterocycles. The summed E-state index contributed by atoms with van der Waals surface area (Å²) in [5, 5.41) is 26.1. The highest BCUT2D eigenvalue weighted by Crippen LogP contribution is 2.29. The lowest BCUT2D eigenvalue weighted by atomic mass is 9.80. The first-order valence-corrected chi connectivity index (χ1v) is 6.93. The zero-order valence-electron chi connectivity index (χ0n) is 11.7. The molecule has 112 valence electrons. The average Bonchev–Trinajstić information content (AvgIpc) is 3.04. The second-order valence-corrected chi connectivity index (χ2v) is 5.02. The van der Waals surface area contributed by atoms with Gasteiger partial charge in [0.05, 0.1) is 12.6 Å². The fraction of sp³-hybridized carbons (Fsp3) is 0.200. The van der Waals surface area contributed by atoms with Crippen LogP contribution in [0.25, 0.3) is 0 Å².